The van der Waals surface area contributed by atoms with Crippen LogP contribution in [0.3, 0.4) is 0 Å². The predicted molar refractivity (Wildman–Crippen MR) is 82.8 cm³/mol. The molecule has 0 aliphatic heterocycles. The zero-order valence-electron chi connectivity index (χ0n) is 11.0. The van der Waals surface area contributed by atoms with Gasteiger partial charge < -0.3 is 10.6 Å². The van der Waals surface area contributed by atoms with E-state index < -0.39 is 11.9 Å². The molecular weight excluding hydrogens is 392 g/mol. The van der Waals surface area contributed by atoms with Crippen molar-refractivity contribution in [2.45, 2.75) is 25.7 Å². The van der Waals surface area contributed by atoms with Crippen LogP contribution in [0.25, 0.3) is 0 Å². The molecule has 0 radical (unpaired) electrons. The average Bonchev–Trinajstić information content (AvgIpc) is 2.40. The van der Waals surface area contributed by atoms with Crippen molar-refractivity contribution >= 4 is 43.7 Å². The molecule has 1 rings (SSSR count). The lowest BCUT2D eigenvalue weighted by Crippen LogP contribution is -2.32. The lowest BCUT2D eigenvalue weighted by molar-refractivity contribution is -0.158. The van der Waals surface area contributed by atoms with Crippen LogP contribution in [-0.2, 0) is 14.4 Å². The van der Waals surface area contributed by atoms with Gasteiger partial charge in [-0.3, -0.25) is 4.79 Å². The summed E-state index contributed by atoms with van der Waals surface area (Å²) < 4.78 is 1.87. The number of nitrogens with two attached hydrogens (primary N) is 1. The van der Waals surface area contributed by atoms with E-state index in [1.807, 2.05) is 30.6 Å². The van der Waals surface area contributed by atoms with E-state index in [9.17, 15) is 9.59 Å². The third kappa shape index (κ3) is 5.60. The van der Waals surface area contributed by atoms with E-state index in [4.69, 9.17) is 5.73 Å². The Bertz CT molecular complexity index is 474. The summed E-state index contributed by atoms with van der Waals surface area (Å²) in [5, 5.41) is 0. The summed E-state index contributed by atoms with van der Waals surface area (Å²) in [5.74, 6) is -1.00. The van der Waals surface area contributed by atoms with Gasteiger partial charge in [-0.25, -0.2) is 4.79 Å². The van der Waals surface area contributed by atoms with Crippen LogP contribution in [-0.4, -0.2) is 18.4 Å². The lowest BCUT2D eigenvalue weighted by atomic mass is 9.93. The third-order valence-electron chi connectivity index (χ3n) is 2.73. The monoisotopic (exact) mass is 406 g/mol. The number of halogens is 2. The minimum absolute atomic E-state index is 0.0195. The molecule has 0 bridgehead atoms. The summed E-state index contributed by atoms with van der Waals surface area (Å²) in [6.45, 7) is 1.77. The van der Waals surface area contributed by atoms with Crippen molar-refractivity contribution in [2.75, 3.05) is 6.54 Å². The minimum Gasteiger partial charge on any atom is -0.341 e. The molecule has 1 aromatic rings. The molecule has 0 spiro atoms. The first kappa shape index (κ1) is 17.1. The van der Waals surface area contributed by atoms with E-state index >= 15 is 0 Å². The van der Waals surface area contributed by atoms with Gasteiger partial charge >= 0.3 is 5.97 Å². The molecule has 0 saturated carbocycles. The molecular formula is C13H16Br2N2O3. The highest BCUT2D eigenvalue weighted by atomic mass is 79.9. The van der Waals surface area contributed by atoms with E-state index in [0.29, 0.717) is 0 Å². The molecule has 7 heteroatoms. The number of hydrogen-bond donors (Lipinski definition) is 2. The number of nitrogens with one attached hydrogen (secondary N) is 1. The summed E-state index contributed by atoms with van der Waals surface area (Å²) in [4.78, 5) is 27.2. The van der Waals surface area contributed by atoms with Crippen molar-refractivity contribution in [2.24, 2.45) is 5.73 Å². The summed E-state index contributed by atoms with van der Waals surface area (Å²) in [5.41, 5.74) is 8.12. The molecule has 0 aromatic heterocycles. The Labute approximate surface area is 134 Å². The summed E-state index contributed by atoms with van der Waals surface area (Å²) in [7, 11) is 0. The molecule has 0 fully saturated rings. The van der Waals surface area contributed by atoms with Crippen LogP contribution in [0.5, 0.6) is 0 Å². The Hall–Kier alpha value is -0.920. The van der Waals surface area contributed by atoms with E-state index in [0.717, 1.165) is 20.9 Å². The number of rotatable bonds is 5. The number of hydroxylamine groups is 1. The zero-order valence-corrected chi connectivity index (χ0v) is 14.2. The van der Waals surface area contributed by atoms with Gasteiger partial charge in [-0.15, -0.1) is 0 Å². The molecule has 1 amide bonds. The summed E-state index contributed by atoms with van der Waals surface area (Å²) >= 11 is 6.84. The van der Waals surface area contributed by atoms with Crippen molar-refractivity contribution in [3.8, 4) is 0 Å². The molecule has 3 N–H and O–H groups in total. The van der Waals surface area contributed by atoms with Crippen molar-refractivity contribution in [1.82, 2.24) is 5.48 Å². The Morgan fingerprint density at radius 1 is 1.30 bits per heavy atom. The zero-order chi connectivity index (χ0) is 15.1. The molecule has 1 aromatic carbocycles. The molecule has 5 nitrogen and oxygen atoms in total. The van der Waals surface area contributed by atoms with Crippen LogP contribution in [0, 0.1) is 0 Å². The normalized spacial score (nSPS) is 11.8. The quantitative estimate of drug-likeness (QED) is 0.735. The second-order valence-electron chi connectivity index (χ2n) is 4.22. The topological polar surface area (TPSA) is 81.4 Å². The van der Waals surface area contributed by atoms with Crippen LogP contribution < -0.4 is 11.2 Å². The molecule has 110 valence electrons. The fourth-order valence-corrected chi connectivity index (χ4v) is 3.04. The Kier molecular flexibility index (Phi) is 7.18. The minimum atomic E-state index is -0.531. The third-order valence-corrected chi connectivity index (χ3v) is 3.64. The van der Waals surface area contributed by atoms with Gasteiger partial charge in [0.25, 0.3) is 5.91 Å². The first-order valence-corrected chi connectivity index (χ1v) is 7.69. The maximum Gasteiger partial charge on any atom is 0.332 e. The van der Waals surface area contributed by atoms with Gasteiger partial charge in [0.05, 0.1) is 13.0 Å². The van der Waals surface area contributed by atoms with Crippen molar-refractivity contribution in [3.05, 3.63) is 32.7 Å². The Morgan fingerprint density at radius 2 is 1.90 bits per heavy atom. The molecule has 0 heterocycles. The van der Waals surface area contributed by atoms with Crippen LogP contribution in [0.15, 0.2) is 27.1 Å². The van der Waals surface area contributed by atoms with Crippen LogP contribution in [0.2, 0.25) is 0 Å². The molecule has 0 aliphatic carbocycles. The second-order valence-corrected chi connectivity index (χ2v) is 6.05. The highest BCUT2D eigenvalue weighted by Gasteiger charge is 2.17. The predicted octanol–water partition coefficient (Wildman–Crippen LogP) is 2.63. The van der Waals surface area contributed by atoms with Gasteiger partial charge in [0.1, 0.15) is 0 Å². The van der Waals surface area contributed by atoms with Gasteiger partial charge in [0, 0.05) is 8.95 Å². The first-order valence-electron chi connectivity index (χ1n) is 6.10. The van der Waals surface area contributed by atoms with Crippen LogP contribution >= 0.6 is 31.9 Å². The lowest BCUT2D eigenvalue weighted by Gasteiger charge is -2.15. The number of amides is 1. The maximum absolute atomic E-state index is 11.7. The van der Waals surface area contributed by atoms with Gasteiger partial charge in [0.2, 0.25) is 0 Å². The SMILES string of the molecule is CCC(CC(=O)ONC(=O)CN)c1cc(Br)cc(Br)c1. The summed E-state index contributed by atoms with van der Waals surface area (Å²) in [6.07, 6.45) is 0.965. The Morgan fingerprint density at radius 3 is 2.40 bits per heavy atom. The summed E-state index contributed by atoms with van der Waals surface area (Å²) in [6, 6.07) is 5.85. The maximum atomic E-state index is 11.7. The number of carbonyl (C=O) groups excluding carboxylic acids is 2. The standard InChI is InChI=1S/C13H16Br2N2O3/c1-2-8(5-13(19)20-17-12(18)7-16)9-3-10(14)6-11(15)4-9/h3-4,6,8H,2,5,7,16H2,1H3,(H,17,18). The fraction of sp³-hybridized carbons (Fsp3) is 0.385. The number of benzene rings is 1. The van der Waals surface area contributed by atoms with Crippen molar-refractivity contribution < 1.29 is 14.4 Å². The number of hydrogen-bond acceptors (Lipinski definition) is 4. The molecule has 0 aliphatic rings. The first-order chi connectivity index (χ1) is 9.46. The van der Waals surface area contributed by atoms with Gasteiger partial charge in [-0.2, -0.15) is 5.48 Å². The average molecular weight is 408 g/mol. The smallest absolute Gasteiger partial charge is 0.332 e. The van der Waals surface area contributed by atoms with E-state index in [2.05, 4.69) is 36.7 Å². The van der Waals surface area contributed by atoms with Gasteiger partial charge in [0.15, 0.2) is 0 Å². The van der Waals surface area contributed by atoms with Gasteiger partial charge in [-0.1, -0.05) is 38.8 Å². The van der Waals surface area contributed by atoms with E-state index in [-0.39, 0.29) is 18.9 Å². The van der Waals surface area contributed by atoms with Crippen molar-refractivity contribution in [3.63, 3.8) is 0 Å². The molecule has 1 unspecified atom stereocenters. The van der Waals surface area contributed by atoms with Crippen LogP contribution in [0.4, 0.5) is 0 Å². The molecule has 20 heavy (non-hydrogen) atoms. The van der Waals surface area contributed by atoms with Crippen molar-refractivity contribution in [1.29, 1.82) is 0 Å². The molecule has 1 atom stereocenters. The highest BCUT2D eigenvalue weighted by molar-refractivity contribution is 9.11. The Balaban J connectivity index is 2.67. The van der Waals surface area contributed by atoms with Gasteiger partial charge in [-0.05, 0) is 36.1 Å². The largest absolute Gasteiger partial charge is 0.341 e. The fourth-order valence-electron chi connectivity index (χ4n) is 1.71. The van der Waals surface area contributed by atoms with E-state index in [1.54, 1.807) is 0 Å². The molecule has 0 saturated heterocycles. The van der Waals surface area contributed by atoms with E-state index in [1.165, 1.54) is 0 Å². The second kappa shape index (κ2) is 8.39. The number of carbonyl (C=O) groups is 2. The highest BCUT2D eigenvalue weighted by Crippen LogP contribution is 2.29. The van der Waals surface area contributed by atoms with Crippen LogP contribution in [0.1, 0.15) is 31.2 Å².